The summed E-state index contributed by atoms with van der Waals surface area (Å²) in [6.45, 7) is 3.47. The fourth-order valence-electron chi connectivity index (χ4n) is 2.90. The lowest BCUT2D eigenvalue weighted by Crippen LogP contribution is -2.38. The van der Waals surface area contributed by atoms with E-state index >= 15 is 0 Å². The Bertz CT molecular complexity index is 680. The molecule has 122 valence electrons. The summed E-state index contributed by atoms with van der Waals surface area (Å²) in [6.07, 6.45) is 6.40. The van der Waals surface area contributed by atoms with E-state index in [1.807, 2.05) is 18.0 Å². The average Bonchev–Trinajstić information content (AvgIpc) is 2.98. The van der Waals surface area contributed by atoms with Crippen LogP contribution < -0.4 is 0 Å². The highest BCUT2D eigenvalue weighted by Crippen LogP contribution is 2.26. The summed E-state index contributed by atoms with van der Waals surface area (Å²) < 4.78 is 5.02. The topological polar surface area (TPSA) is 72.1 Å². The molecule has 3 rings (SSSR count). The summed E-state index contributed by atoms with van der Waals surface area (Å²) in [4.78, 5) is 22.9. The lowest BCUT2D eigenvalue weighted by atomic mass is 9.93. The number of aromatic nitrogens is 3. The zero-order valence-electron chi connectivity index (χ0n) is 13.0. The van der Waals surface area contributed by atoms with Crippen molar-refractivity contribution >= 4 is 17.5 Å². The van der Waals surface area contributed by atoms with Crippen molar-refractivity contribution in [3.05, 3.63) is 40.8 Å². The molecule has 23 heavy (non-hydrogen) atoms. The van der Waals surface area contributed by atoms with Crippen molar-refractivity contribution in [2.75, 3.05) is 13.1 Å². The molecule has 0 saturated carbocycles. The van der Waals surface area contributed by atoms with Gasteiger partial charge in [-0.3, -0.25) is 14.8 Å². The number of carbonyl (C=O) groups is 1. The standard InChI is InChI=1S/C16H19ClN4O2/c1-11-9-18-10-14(19-11)12-4-6-21(7-5-12)16(22)3-2-13-8-15(17)20-23-13/h8-10,12H,2-7H2,1H3. The van der Waals surface area contributed by atoms with Crippen LogP contribution in [0.4, 0.5) is 0 Å². The third kappa shape index (κ3) is 4.07. The zero-order chi connectivity index (χ0) is 16.2. The predicted molar refractivity (Wildman–Crippen MR) is 85.2 cm³/mol. The number of aryl methyl sites for hydroxylation is 2. The third-order valence-corrected chi connectivity index (χ3v) is 4.33. The fraction of sp³-hybridized carbons (Fsp3) is 0.500. The predicted octanol–water partition coefficient (Wildman–Crippen LogP) is 2.77. The molecule has 7 heteroatoms. The highest BCUT2D eigenvalue weighted by molar-refractivity contribution is 6.29. The van der Waals surface area contributed by atoms with Crippen molar-refractivity contribution in [2.45, 2.75) is 38.5 Å². The Labute approximate surface area is 139 Å². The van der Waals surface area contributed by atoms with Crippen molar-refractivity contribution < 1.29 is 9.32 Å². The number of halogens is 1. The lowest BCUT2D eigenvalue weighted by molar-refractivity contribution is -0.132. The van der Waals surface area contributed by atoms with Crippen molar-refractivity contribution in [1.29, 1.82) is 0 Å². The molecule has 0 radical (unpaired) electrons. The first-order valence-electron chi connectivity index (χ1n) is 7.79. The molecule has 1 fully saturated rings. The molecule has 0 aromatic carbocycles. The number of likely N-dealkylation sites (tertiary alicyclic amines) is 1. The van der Waals surface area contributed by atoms with E-state index in [4.69, 9.17) is 16.1 Å². The highest BCUT2D eigenvalue weighted by Gasteiger charge is 2.24. The molecule has 0 N–H and O–H groups in total. The van der Waals surface area contributed by atoms with Crippen molar-refractivity contribution in [3.63, 3.8) is 0 Å². The van der Waals surface area contributed by atoms with Gasteiger partial charge >= 0.3 is 0 Å². The molecule has 1 saturated heterocycles. The van der Waals surface area contributed by atoms with E-state index in [1.165, 1.54) is 0 Å². The summed E-state index contributed by atoms with van der Waals surface area (Å²) in [7, 11) is 0. The van der Waals surface area contributed by atoms with Gasteiger partial charge in [-0.05, 0) is 19.8 Å². The average molecular weight is 335 g/mol. The summed E-state index contributed by atoms with van der Waals surface area (Å²) in [5.41, 5.74) is 1.97. The van der Waals surface area contributed by atoms with Gasteiger partial charge in [-0.1, -0.05) is 16.8 Å². The minimum absolute atomic E-state index is 0.145. The minimum atomic E-state index is 0.145. The van der Waals surface area contributed by atoms with Gasteiger partial charge in [0.15, 0.2) is 5.15 Å². The van der Waals surface area contributed by atoms with Gasteiger partial charge in [0.25, 0.3) is 0 Å². The number of amides is 1. The van der Waals surface area contributed by atoms with Gasteiger partial charge in [-0.2, -0.15) is 0 Å². The van der Waals surface area contributed by atoms with E-state index in [2.05, 4.69) is 15.1 Å². The molecule has 1 aliphatic heterocycles. The Balaban J connectivity index is 1.49. The van der Waals surface area contributed by atoms with E-state index in [1.54, 1.807) is 12.3 Å². The van der Waals surface area contributed by atoms with E-state index in [0.29, 0.717) is 29.7 Å². The van der Waals surface area contributed by atoms with Crippen molar-refractivity contribution in [1.82, 2.24) is 20.0 Å². The van der Waals surface area contributed by atoms with Crippen LogP contribution in [-0.2, 0) is 11.2 Å². The Hall–Kier alpha value is -1.95. The summed E-state index contributed by atoms with van der Waals surface area (Å²) in [5, 5.41) is 3.94. The smallest absolute Gasteiger partial charge is 0.223 e. The van der Waals surface area contributed by atoms with Crippen molar-refractivity contribution in [2.24, 2.45) is 0 Å². The van der Waals surface area contributed by atoms with Crippen molar-refractivity contribution in [3.8, 4) is 0 Å². The van der Waals surface area contributed by atoms with Gasteiger partial charge in [0, 0.05) is 50.3 Å². The molecule has 0 bridgehead atoms. The largest absolute Gasteiger partial charge is 0.360 e. The van der Waals surface area contributed by atoms with Gasteiger partial charge in [0.1, 0.15) is 5.76 Å². The first-order chi connectivity index (χ1) is 11.1. The quantitative estimate of drug-likeness (QED) is 0.859. The minimum Gasteiger partial charge on any atom is -0.360 e. The van der Waals surface area contributed by atoms with Crippen LogP contribution in [0.25, 0.3) is 0 Å². The Kier molecular flexibility index (Phi) is 4.91. The van der Waals surface area contributed by atoms with Crippen LogP contribution in [0.1, 0.15) is 42.3 Å². The number of nitrogens with zero attached hydrogens (tertiary/aromatic N) is 4. The van der Waals surface area contributed by atoms with Crippen LogP contribution in [0.3, 0.4) is 0 Å². The maximum absolute atomic E-state index is 12.3. The maximum atomic E-state index is 12.3. The second kappa shape index (κ2) is 7.08. The fourth-order valence-corrected chi connectivity index (χ4v) is 3.05. The molecule has 3 heterocycles. The van der Waals surface area contributed by atoms with E-state index < -0.39 is 0 Å². The first-order valence-corrected chi connectivity index (χ1v) is 8.17. The zero-order valence-corrected chi connectivity index (χ0v) is 13.8. The van der Waals surface area contributed by atoms with Crippen LogP contribution in [-0.4, -0.2) is 39.0 Å². The van der Waals surface area contributed by atoms with Gasteiger partial charge in [0.05, 0.1) is 11.4 Å². The van der Waals surface area contributed by atoms with E-state index in [9.17, 15) is 4.79 Å². The molecule has 6 nitrogen and oxygen atoms in total. The van der Waals surface area contributed by atoms with Gasteiger partial charge in [-0.15, -0.1) is 0 Å². The first kappa shape index (κ1) is 15.9. The van der Waals surface area contributed by atoms with Crippen LogP contribution >= 0.6 is 11.6 Å². The number of hydrogen-bond acceptors (Lipinski definition) is 5. The molecule has 2 aromatic rings. The van der Waals surface area contributed by atoms with Crippen LogP contribution in [0.2, 0.25) is 5.15 Å². The van der Waals surface area contributed by atoms with Gasteiger partial charge in [-0.25, -0.2) is 0 Å². The molecule has 2 aromatic heterocycles. The maximum Gasteiger partial charge on any atom is 0.223 e. The number of piperidine rings is 1. The van der Waals surface area contributed by atoms with Crippen LogP contribution in [0.15, 0.2) is 23.0 Å². The highest BCUT2D eigenvalue weighted by atomic mass is 35.5. The van der Waals surface area contributed by atoms with Crippen LogP contribution in [0.5, 0.6) is 0 Å². The van der Waals surface area contributed by atoms with Crippen LogP contribution in [0, 0.1) is 6.92 Å². The number of carbonyl (C=O) groups excluding carboxylic acids is 1. The monoisotopic (exact) mass is 334 g/mol. The number of hydrogen-bond donors (Lipinski definition) is 0. The normalized spacial score (nSPS) is 15.8. The molecule has 0 atom stereocenters. The summed E-state index contributed by atoms with van der Waals surface area (Å²) >= 11 is 5.70. The molecular formula is C16H19ClN4O2. The molecule has 0 unspecified atom stereocenters. The SMILES string of the molecule is Cc1cncc(C2CCN(C(=O)CCc3cc(Cl)no3)CC2)n1. The second-order valence-corrected chi connectivity index (χ2v) is 6.24. The van der Waals surface area contributed by atoms with Gasteiger partial charge in [0.2, 0.25) is 5.91 Å². The third-order valence-electron chi connectivity index (χ3n) is 4.16. The number of rotatable bonds is 4. The lowest BCUT2D eigenvalue weighted by Gasteiger charge is -2.31. The van der Waals surface area contributed by atoms with E-state index in [0.717, 1.165) is 37.3 Å². The molecular weight excluding hydrogens is 316 g/mol. The Morgan fingerprint density at radius 2 is 2.17 bits per heavy atom. The Morgan fingerprint density at radius 1 is 1.39 bits per heavy atom. The Morgan fingerprint density at radius 3 is 2.83 bits per heavy atom. The molecule has 1 aliphatic rings. The summed E-state index contributed by atoms with van der Waals surface area (Å²) in [6, 6.07) is 1.65. The van der Waals surface area contributed by atoms with E-state index in [-0.39, 0.29) is 5.91 Å². The van der Waals surface area contributed by atoms with Gasteiger partial charge < -0.3 is 9.42 Å². The molecule has 0 aliphatic carbocycles. The molecule has 0 spiro atoms. The second-order valence-electron chi connectivity index (χ2n) is 5.86. The molecule has 1 amide bonds. The summed E-state index contributed by atoms with van der Waals surface area (Å²) in [5.74, 6) is 1.18.